The third-order valence-electron chi connectivity index (χ3n) is 26.8. The van der Waals surface area contributed by atoms with Crippen LogP contribution in [0.5, 0.6) is 0 Å². The van der Waals surface area contributed by atoms with E-state index in [0.717, 1.165) is 178 Å². The molecule has 0 saturated heterocycles. The Bertz CT molecular complexity index is 8680. The molecule has 22 aromatic rings. The molecule has 0 unspecified atom stereocenters. The lowest BCUT2D eigenvalue weighted by Crippen LogP contribution is -2.61. The lowest BCUT2D eigenvalue weighted by molar-refractivity contribution is 0.669. The predicted molar refractivity (Wildman–Crippen MR) is 510 cm³/mol. The maximum atomic E-state index is 10.8. The minimum Gasteiger partial charge on any atom is -0.456 e. The number of hydrogen-bond donors (Lipinski definition) is 0. The van der Waals surface area contributed by atoms with Gasteiger partial charge in [-0.25, -0.2) is 0 Å². The van der Waals surface area contributed by atoms with Crippen molar-refractivity contribution in [2.75, 3.05) is 9.80 Å². The van der Waals surface area contributed by atoms with Gasteiger partial charge in [0.05, 0.1) is 54.5 Å². The number of aromatic nitrogens is 1. The van der Waals surface area contributed by atoms with Crippen molar-refractivity contribution in [3.63, 3.8) is 0 Å². The second kappa shape index (κ2) is 26.9. The quantitative estimate of drug-likeness (QED) is 0.121. The van der Waals surface area contributed by atoms with E-state index >= 15 is 0 Å². The van der Waals surface area contributed by atoms with Crippen LogP contribution in [0.1, 0.15) is 59.7 Å². The summed E-state index contributed by atoms with van der Waals surface area (Å²) in [4.78, 5) is 4.90. The number of fused-ring (bicyclic) bond motifs is 19. The summed E-state index contributed by atoms with van der Waals surface area (Å²) in [5.74, 6) is 0. The van der Waals surface area contributed by atoms with Gasteiger partial charge in [0.15, 0.2) is 0 Å². The van der Waals surface area contributed by atoms with Gasteiger partial charge >= 0.3 is 0 Å². The van der Waals surface area contributed by atoms with Crippen LogP contribution in [0.2, 0.25) is 0 Å². The lowest BCUT2D eigenvalue weighted by atomic mass is 9.33. The van der Waals surface area contributed by atoms with E-state index in [1.54, 1.807) is 4.57 Å². The molecule has 3 aromatic heterocycles. The van der Waals surface area contributed by atoms with Gasteiger partial charge in [-0.05, 0) is 214 Å². The summed E-state index contributed by atoms with van der Waals surface area (Å²) in [7, 11) is 0. The van der Waals surface area contributed by atoms with Crippen LogP contribution in [0.3, 0.4) is 0 Å². The van der Waals surface area contributed by atoms with Crippen LogP contribution in [0.15, 0.2) is 439 Å². The van der Waals surface area contributed by atoms with Crippen LogP contribution in [0.25, 0.3) is 138 Å². The summed E-state index contributed by atoms with van der Waals surface area (Å²) in [6.45, 7) is -0.609. The van der Waals surface area contributed by atoms with Gasteiger partial charge in [-0.2, -0.15) is 5.26 Å². The number of benzene rings is 19. The Hall–Kier alpha value is -16.3. The molecule has 0 atom stereocenters. The van der Waals surface area contributed by atoms with Crippen molar-refractivity contribution in [1.82, 2.24) is 4.57 Å². The fraction of sp³-hybridized carbons (Fsp3) is 0.0171. The highest BCUT2D eigenvalue weighted by molar-refractivity contribution is 7.00. The van der Waals surface area contributed by atoms with E-state index in [1.807, 2.05) is 36.4 Å². The third kappa shape index (κ3) is 9.87. The van der Waals surface area contributed by atoms with Crippen molar-refractivity contribution in [2.24, 2.45) is 0 Å². The van der Waals surface area contributed by atoms with E-state index < -0.39 is 59.8 Å². The van der Waals surface area contributed by atoms with Gasteiger partial charge in [-0.3, -0.25) is 0 Å². The number of nitrogens with zero attached hydrogens (tertiary/aromatic N) is 4. The van der Waals surface area contributed by atoms with E-state index in [2.05, 4.69) is 368 Å². The van der Waals surface area contributed by atoms with Crippen molar-refractivity contribution in [2.45, 2.75) is 10.8 Å². The molecule has 0 saturated carbocycles. The average Bonchev–Trinajstić information content (AvgIpc) is 1.68. The van der Waals surface area contributed by atoms with E-state index in [9.17, 15) is 14.9 Å². The van der Waals surface area contributed by atoms with Gasteiger partial charge in [0.2, 0.25) is 0 Å². The summed E-state index contributed by atoms with van der Waals surface area (Å²) in [6, 6.07) is 139. The zero-order chi connectivity index (χ0) is 87.6. The second-order valence-electron chi connectivity index (χ2n) is 32.9. The molecule has 19 aromatic carbocycles. The molecule has 0 bridgehead atoms. The molecule has 0 fully saturated rings. The van der Waals surface area contributed by atoms with Gasteiger partial charge in [0, 0.05) is 77.4 Å². The number of furan rings is 2. The maximum absolute atomic E-state index is 10.8. The average molecular weight is 1580 g/mol. The van der Waals surface area contributed by atoms with Crippen molar-refractivity contribution in [3.05, 3.63) is 481 Å². The van der Waals surface area contributed by atoms with Crippen LogP contribution < -0.4 is 26.2 Å². The molecule has 0 N–H and O–H groups in total. The lowest BCUT2D eigenvalue weighted by Gasteiger charge is -2.45. The SMILES string of the molecule is [2H]c1c([2H])c([2H])c2c(c1[2H])c1c([2H])c(C#N)c([2H])c([2H])c1n2-c1ccc2c(c1)N(c1ccccc1-c1ccc3c(c1)C(c1ccccc1)(c1ccccc1)c1ccccc1-3)c1cc(-c3ccc4oc5ccccc5c4c3)cc3c1B2c1cc(-c2cccc4c2oc2ccccc24)ccc1N3c1ccccc1-c1ccc2c(c1)C(c1ccccc1)(c1ccccc1)c1ccccc1-2. The minimum atomic E-state index is -0.770. The largest absolute Gasteiger partial charge is 0.456 e. The van der Waals surface area contributed by atoms with Gasteiger partial charge < -0.3 is 23.2 Å². The van der Waals surface area contributed by atoms with Crippen molar-refractivity contribution in [3.8, 4) is 78.5 Å². The number of nitriles is 1. The Morgan fingerprint density at radius 2 is 0.766 bits per heavy atom. The second-order valence-corrected chi connectivity index (χ2v) is 32.9. The van der Waals surface area contributed by atoms with Gasteiger partial charge in [0.1, 0.15) is 22.3 Å². The van der Waals surface area contributed by atoms with E-state index in [1.165, 1.54) is 22.3 Å². The molecule has 0 amide bonds. The molecule has 2 aliphatic carbocycles. The molecule has 6 nitrogen and oxygen atoms in total. The summed E-state index contributed by atoms with van der Waals surface area (Å²) in [5.41, 5.74) is 30.8. The molecule has 4 aliphatic rings. The highest BCUT2D eigenvalue weighted by atomic mass is 16.3. The van der Waals surface area contributed by atoms with Crippen molar-refractivity contribution < 1.29 is 18.4 Å². The first-order valence-corrected chi connectivity index (χ1v) is 42.1. The molecule has 0 spiro atoms. The molecule has 2 aliphatic heterocycles. The maximum Gasteiger partial charge on any atom is 0.252 e. The van der Waals surface area contributed by atoms with E-state index in [4.69, 9.17) is 8.83 Å². The Balaban J connectivity index is 0.796. The third-order valence-corrected chi connectivity index (χ3v) is 26.8. The molecular formula is C117H71BN4O2. The molecule has 26 rings (SSSR count). The molecule has 574 valence electrons. The first-order chi connectivity index (χ1) is 64.4. The van der Waals surface area contributed by atoms with Gasteiger partial charge in [-0.1, -0.05) is 328 Å². The van der Waals surface area contributed by atoms with Crippen LogP contribution in [-0.2, 0) is 10.8 Å². The van der Waals surface area contributed by atoms with Crippen molar-refractivity contribution in [1.29, 1.82) is 5.26 Å². The molecule has 5 heterocycles. The van der Waals surface area contributed by atoms with Gasteiger partial charge in [-0.15, -0.1) is 0 Å². The topological polar surface area (TPSA) is 61.5 Å². The molecular weight excluding hydrogens is 1500 g/mol. The Kier molecular flexibility index (Phi) is 13.6. The minimum absolute atomic E-state index is 0.00255. The van der Waals surface area contributed by atoms with Crippen LogP contribution in [0, 0.1) is 11.3 Å². The number of anilines is 6. The fourth-order valence-corrected chi connectivity index (χ4v) is 21.7. The van der Waals surface area contributed by atoms with Crippen LogP contribution >= 0.6 is 0 Å². The normalized spacial score (nSPS) is 14.3. The highest BCUT2D eigenvalue weighted by Gasteiger charge is 2.50. The van der Waals surface area contributed by atoms with Crippen LogP contribution in [-0.4, -0.2) is 11.3 Å². The number of rotatable bonds is 11. The molecule has 7 heteroatoms. The Labute approximate surface area is 726 Å². The number of para-hydroxylation sites is 6. The summed E-state index contributed by atoms with van der Waals surface area (Å²) < 4.78 is 83.2. The molecule has 0 radical (unpaired) electrons. The van der Waals surface area contributed by atoms with Gasteiger partial charge in [0.25, 0.3) is 6.71 Å². The van der Waals surface area contributed by atoms with E-state index in [-0.39, 0.29) is 27.4 Å². The Morgan fingerprint density at radius 1 is 0.290 bits per heavy atom. The smallest absolute Gasteiger partial charge is 0.252 e. The summed E-state index contributed by atoms with van der Waals surface area (Å²) in [6.07, 6.45) is 0. The zero-order valence-corrected chi connectivity index (χ0v) is 66.6. The number of hydrogen-bond acceptors (Lipinski definition) is 5. The van der Waals surface area contributed by atoms with E-state index in [0.29, 0.717) is 11.4 Å². The fourth-order valence-electron chi connectivity index (χ4n) is 21.7. The van der Waals surface area contributed by atoms with Crippen LogP contribution in [0.4, 0.5) is 34.1 Å². The highest BCUT2D eigenvalue weighted by Crippen LogP contribution is 2.61. The van der Waals surface area contributed by atoms with Crippen molar-refractivity contribution >= 4 is 123 Å². The summed E-state index contributed by atoms with van der Waals surface area (Å²) >= 11 is 0. The zero-order valence-electron chi connectivity index (χ0n) is 73.6. The first kappa shape index (κ1) is 62.9. The monoisotopic (exact) mass is 1580 g/mol. The molecule has 124 heavy (non-hydrogen) atoms. The summed E-state index contributed by atoms with van der Waals surface area (Å²) in [5, 5.41) is 14.7. The Morgan fingerprint density at radius 3 is 1.38 bits per heavy atom. The first-order valence-electron chi connectivity index (χ1n) is 45.6. The standard InChI is InChI=1S/C117H71BN4O2/c119-72-73-52-61-106-95(64-73)91-40-17-24-49-105(91)120(106)83-57-60-101-108(71-83)122(104-48-23-16-37-85(104)76-54-59-90-88-39-14-21-46-98(88)117(100(90)67-76,81-32-9-3-10-33-81)82-34-11-4-12-35-82)110-70-78(74-56-63-113-96(65-74)93-42-19-25-50-111(93)123-113)69-109-114(110)118(101)102-68-77(86-43-27-44-94-92-41-18-26-51-112(92)124-115(86)94)55-62-107(102)121(109)103-47-22-15-36-84(103)75-53-58-89-87-38-13-20-45-97(87)116(99(89)66-75,79-28-5-1-6-29-79)80-30-7-2-8-31-80/h1-71H/i17D,24D,40D,49D,52D,61D,64D. The predicted octanol–water partition coefficient (Wildman–Crippen LogP) is 27.9.